The highest BCUT2D eigenvalue weighted by Gasteiger charge is 2.17. The van der Waals surface area contributed by atoms with E-state index in [9.17, 15) is 14.4 Å². The van der Waals surface area contributed by atoms with Gasteiger partial charge in [-0.2, -0.15) is 0 Å². The highest BCUT2D eigenvalue weighted by Crippen LogP contribution is 1.97. The van der Waals surface area contributed by atoms with E-state index in [1.807, 2.05) is 4.90 Å². The van der Waals surface area contributed by atoms with Crippen LogP contribution in [0.1, 0.15) is 0 Å². The van der Waals surface area contributed by atoms with Crippen LogP contribution in [0.15, 0.2) is 0 Å². The van der Waals surface area contributed by atoms with Gasteiger partial charge in [0.05, 0.1) is 19.6 Å². The first-order valence-electron chi connectivity index (χ1n) is 8.42. The summed E-state index contributed by atoms with van der Waals surface area (Å²) in [4.78, 5) is 39.2. The Hall–Kier alpha value is -1.75. The summed E-state index contributed by atoms with van der Waals surface area (Å²) in [6.45, 7) is 4.67. The van der Waals surface area contributed by atoms with Crippen LogP contribution in [0.25, 0.3) is 0 Å². The lowest BCUT2D eigenvalue weighted by atomic mass is 10.3. The maximum absolute atomic E-state index is 11.6. The van der Waals surface area contributed by atoms with Gasteiger partial charge in [-0.3, -0.25) is 29.1 Å². The summed E-state index contributed by atoms with van der Waals surface area (Å²) in [5, 5.41) is 23.9. The number of aliphatic carboxylic acids is 2. The number of rotatable bonds is 6. The standard InChI is InChI=1S/C15H29N5O5/c1-16-13(21)10-18-4-2-17-3-5-19(11-14(22)23)7-9-20(8-6-18)12-15(24)25/h17H,2-12H2,1H3,(H,16,21)(H,22,23)(H,24,25). The maximum Gasteiger partial charge on any atom is 0.317 e. The molecule has 1 fully saturated rings. The molecule has 0 aromatic heterocycles. The molecule has 0 radical (unpaired) electrons. The molecule has 10 nitrogen and oxygen atoms in total. The van der Waals surface area contributed by atoms with E-state index in [1.165, 1.54) is 0 Å². The third-order valence-electron chi connectivity index (χ3n) is 4.04. The van der Waals surface area contributed by atoms with Crippen molar-refractivity contribution < 1.29 is 24.6 Å². The highest BCUT2D eigenvalue weighted by molar-refractivity contribution is 5.77. The van der Waals surface area contributed by atoms with Crippen molar-refractivity contribution in [3.8, 4) is 0 Å². The van der Waals surface area contributed by atoms with Gasteiger partial charge >= 0.3 is 11.9 Å². The Morgan fingerprint density at radius 1 is 0.800 bits per heavy atom. The Labute approximate surface area is 147 Å². The van der Waals surface area contributed by atoms with Gasteiger partial charge in [-0.25, -0.2) is 0 Å². The molecule has 1 heterocycles. The largest absolute Gasteiger partial charge is 0.480 e. The predicted octanol–water partition coefficient (Wildman–Crippen LogP) is -2.59. The van der Waals surface area contributed by atoms with Crippen LogP contribution in [0, 0.1) is 0 Å². The summed E-state index contributed by atoms with van der Waals surface area (Å²) >= 11 is 0. The molecule has 0 unspecified atom stereocenters. The fourth-order valence-electron chi connectivity index (χ4n) is 2.64. The number of carboxylic acid groups (broad SMARTS) is 2. The number of carbonyl (C=O) groups is 3. The molecule has 0 bridgehead atoms. The SMILES string of the molecule is CNC(=O)CN1CCNCCN(CC(=O)O)CCN(CC(=O)O)CC1. The van der Waals surface area contributed by atoms with Crippen LogP contribution in [0.3, 0.4) is 0 Å². The Kier molecular flexibility index (Phi) is 10.0. The van der Waals surface area contributed by atoms with Gasteiger partial charge < -0.3 is 20.8 Å². The average molecular weight is 359 g/mol. The third kappa shape index (κ3) is 9.97. The minimum Gasteiger partial charge on any atom is -0.480 e. The minimum atomic E-state index is -0.920. The summed E-state index contributed by atoms with van der Waals surface area (Å²) < 4.78 is 0. The van der Waals surface area contributed by atoms with E-state index in [-0.39, 0.29) is 25.5 Å². The number of hydrogen-bond donors (Lipinski definition) is 4. The zero-order valence-electron chi connectivity index (χ0n) is 14.7. The first kappa shape index (κ1) is 21.3. The fraction of sp³-hybridized carbons (Fsp3) is 0.800. The van der Waals surface area contributed by atoms with E-state index in [0.29, 0.717) is 52.4 Å². The normalized spacial score (nSPS) is 19.6. The quantitative estimate of drug-likeness (QED) is 0.404. The molecule has 10 heteroatoms. The molecule has 1 rings (SSSR count). The molecule has 144 valence electrons. The van der Waals surface area contributed by atoms with Crippen LogP contribution in [0.4, 0.5) is 0 Å². The molecule has 0 saturated carbocycles. The number of nitrogens with one attached hydrogen (secondary N) is 2. The van der Waals surface area contributed by atoms with Crippen molar-refractivity contribution in [2.24, 2.45) is 0 Å². The summed E-state index contributed by atoms with van der Waals surface area (Å²) in [6.07, 6.45) is 0. The molecule has 1 aliphatic rings. The van der Waals surface area contributed by atoms with Crippen molar-refractivity contribution >= 4 is 17.8 Å². The van der Waals surface area contributed by atoms with Crippen molar-refractivity contribution in [1.82, 2.24) is 25.3 Å². The maximum atomic E-state index is 11.6. The fourth-order valence-corrected chi connectivity index (χ4v) is 2.64. The van der Waals surface area contributed by atoms with Crippen molar-refractivity contribution in [3.05, 3.63) is 0 Å². The van der Waals surface area contributed by atoms with Crippen molar-refractivity contribution in [3.63, 3.8) is 0 Å². The first-order valence-corrected chi connectivity index (χ1v) is 8.42. The molecule has 1 aliphatic heterocycles. The second-order valence-corrected chi connectivity index (χ2v) is 6.04. The van der Waals surface area contributed by atoms with E-state index in [2.05, 4.69) is 10.6 Å². The Bertz CT molecular complexity index is 448. The summed E-state index contributed by atoms with van der Waals surface area (Å²) in [5.74, 6) is -1.89. The number of hydrogen-bond acceptors (Lipinski definition) is 7. The van der Waals surface area contributed by atoms with Crippen LogP contribution in [0.5, 0.6) is 0 Å². The van der Waals surface area contributed by atoms with Gasteiger partial charge in [-0.1, -0.05) is 0 Å². The van der Waals surface area contributed by atoms with Gasteiger partial charge in [0, 0.05) is 59.4 Å². The first-order chi connectivity index (χ1) is 11.9. The lowest BCUT2D eigenvalue weighted by Crippen LogP contribution is -2.48. The highest BCUT2D eigenvalue weighted by atomic mass is 16.4. The molecular weight excluding hydrogens is 330 g/mol. The Balaban J connectivity index is 2.69. The van der Waals surface area contributed by atoms with Crippen molar-refractivity contribution in [1.29, 1.82) is 0 Å². The lowest BCUT2D eigenvalue weighted by molar-refractivity contribution is -0.140. The molecule has 0 aromatic rings. The van der Waals surface area contributed by atoms with E-state index >= 15 is 0 Å². The van der Waals surface area contributed by atoms with Crippen LogP contribution in [0.2, 0.25) is 0 Å². The van der Waals surface area contributed by atoms with Crippen molar-refractivity contribution in [2.45, 2.75) is 0 Å². The van der Waals surface area contributed by atoms with E-state index < -0.39 is 11.9 Å². The number of nitrogens with zero attached hydrogens (tertiary/aromatic N) is 3. The number of carbonyl (C=O) groups excluding carboxylic acids is 1. The zero-order chi connectivity index (χ0) is 18.7. The van der Waals surface area contributed by atoms with Gasteiger partial charge in [0.2, 0.25) is 5.91 Å². The topological polar surface area (TPSA) is 125 Å². The molecule has 1 saturated heterocycles. The molecule has 4 N–H and O–H groups in total. The second-order valence-electron chi connectivity index (χ2n) is 6.04. The zero-order valence-corrected chi connectivity index (χ0v) is 14.7. The monoisotopic (exact) mass is 359 g/mol. The Morgan fingerprint density at radius 2 is 1.20 bits per heavy atom. The van der Waals surface area contributed by atoms with E-state index in [0.717, 1.165) is 0 Å². The van der Waals surface area contributed by atoms with Crippen LogP contribution in [-0.2, 0) is 14.4 Å². The van der Waals surface area contributed by atoms with Crippen molar-refractivity contribution in [2.75, 3.05) is 79.0 Å². The lowest BCUT2D eigenvalue weighted by Gasteiger charge is -2.30. The van der Waals surface area contributed by atoms with Gasteiger partial charge in [-0.05, 0) is 0 Å². The third-order valence-corrected chi connectivity index (χ3v) is 4.04. The molecule has 0 atom stereocenters. The number of likely N-dealkylation sites (N-methyl/N-ethyl adjacent to an activating group) is 1. The van der Waals surface area contributed by atoms with E-state index in [4.69, 9.17) is 10.2 Å². The van der Waals surface area contributed by atoms with Crippen LogP contribution < -0.4 is 10.6 Å². The van der Waals surface area contributed by atoms with Gasteiger partial charge in [0.1, 0.15) is 0 Å². The smallest absolute Gasteiger partial charge is 0.317 e. The summed E-state index contributed by atoms with van der Waals surface area (Å²) in [6, 6.07) is 0. The van der Waals surface area contributed by atoms with E-state index in [1.54, 1.807) is 16.8 Å². The van der Waals surface area contributed by atoms with Gasteiger partial charge in [0.25, 0.3) is 0 Å². The summed E-state index contributed by atoms with van der Waals surface area (Å²) in [7, 11) is 1.59. The van der Waals surface area contributed by atoms with Crippen LogP contribution in [-0.4, -0.2) is 122 Å². The van der Waals surface area contributed by atoms with Gasteiger partial charge in [-0.15, -0.1) is 0 Å². The molecular formula is C15H29N5O5. The van der Waals surface area contributed by atoms with Gasteiger partial charge in [0.15, 0.2) is 0 Å². The minimum absolute atomic E-state index is 0.0641. The number of amides is 1. The van der Waals surface area contributed by atoms with Crippen LogP contribution >= 0.6 is 0 Å². The average Bonchev–Trinajstić information content (AvgIpc) is 2.53. The molecule has 0 aromatic carbocycles. The molecule has 0 aliphatic carbocycles. The molecule has 0 spiro atoms. The predicted molar refractivity (Wildman–Crippen MR) is 91.5 cm³/mol. The molecule has 25 heavy (non-hydrogen) atoms. The number of carboxylic acids is 2. The second kappa shape index (κ2) is 11.7. The molecule has 1 amide bonds. The summed E-state index contributed by atoms with van der Waals surface area (Å²) in [5.41, 5.74) is 0. The Morgan fingerprint density at radius 3 is 1.60 bits per heavy atom.